The van der Waals surface area contributed by atoms with Crippen LogP contribution in [0.3, 0.4) is 0 Å². The van der Waals surface area contributed by atoms with Crippen molar-refractivity contribution in [2.24, 2.45) is 11.3 Å². The molecule has 0 spiro atoms. The standard InChI is InChI=1S/C22H36NO2P.C3H8.2C2H6/c1-2-12-23(13-9-22(17-24)10-14-25-15-11-22)20-8-7-19(21(26)16-20)6-5-18-3-4-18;1-3-2;2*1-2/h7-8,17-18,20H,2-6,9-16,26H2,1H3;3H2,1-2H3;2*1-2H3. The van der Waals surface area contributed by atoms with Crippen LogP contribution < -0.4 is 0 Å². The Kier molecular flexibility index (Phi) is 19.5. The first kappa shape index (κ1) is 32.5. The zero-order chi connectivity index (χ0) is 25.1. The zero-order valence-corrected chi connectivity index (χ0v) is 24.3. The monoisotopic (exact) mass is 481 g/mol. The van der Waals surface area contributed by atoms with Gasteiger partial charge in [-0.15, -0.1) is 9.24 Å². The average Bonchev–Trinajstić information content (AvgIpc) is 3.69. The fraction of sp³-hybridized carbons (Fsp3) is 0.828. The van der Waals surface area contributed by atoms with Crippen LogP contribution >= 0.6 is 9.24 Å². The van der Waals surface area contributed by atoms with Crippen LogP contribution in [0.2, 0.25) is 0 Å². The van der Waals surface area contributed by atoms with Crippen LogP contribution in [-0.4, -0.2) is 43.5 Å². The summed E-state index contributed by atoms with van der Waals surface area (Å²) in [5, 5.41) is 1.50. The summed E-state index contributed by atoms with van der Waals surface area (Å²) < 4.78 is 5.47. The van der Waals surface area contributed by atoms with E-state index in [-0.39, 0.29) is 5.41 Å². The molecule has 0 N–H and O–H groups in total. The van der Waals surface area contributed by atoms with E-state index < -0.39 is 0 Å². The number of allylic oxidation sites excluding steroid dienone is 2. The molecule has 3 rings (SSSR count). The van der Waals surface area contributed by atoms with E-state index in [1.54, 1.807) is 5.57 Å². The molecule has 0 aromatic heterocycles. The van der Waals surface area contributed by atoms with Crippen LogP contribution in [0.5, 0.6) is 0 Å². The first-order chi connectivity index (χ1) is 16.1. The van der Waals surface area contributed by atoms with Gasteiger partial charge in [0.1, 0.15) is 6.29 Å². The SMILES string of the molecule is CC.CC.CCC.CCCN(CCC1(C=O)CCOCC1)C1C=CC(CCC2CC2)=C(P)C1. The summed E-state index contributed by atoms with van der Waals surface area (Å²) in [4.78, 5) is 14.4. The second kappa shape index (κ2) is 19.8. The summed E-state index contributed by atoms with van der Waals surface area (Å²) in [5.74, 6) is 1.00. The minimum absolute atomic E-state index is 0.155. The van der Waals surface area contributed by atoms with Gasteiger partial charge in [-0.05, 0) is 74.8 Å². The Morgan fingerprint density at radius 1 is 1.09 bits per heavy atom. The van der Waals surface area contributed by atoms with Gasteiger partial charge in [0.15, 0.2) is 0 Å². The third-order valence-corrected chi connectivity index (χ3v) is 7.10. The van der Waals surface area contributed by atoms with Crippen LogP contribution in [0.25, 0.3) is 0 Å². The Labute approximate surface area is 209 Å². The number of ether oxygens (including phenoxy) is 1. The highest BCUT2D eigenvalue weighted by Crippen LogP contribution is 2.38. The molecule has 194 valence electrons. The molecule has 2 aliphatic carbocycles. The molecule has 3 aliphatic rings. The van der Waals surface area contributed by atoms with Crippen molar-refractivity contribution in [3.63, 3.8) is 0 Å². The van der Waals surface area contributed by atoms with Gasteiger partial charge in [-0.2, -0.15) is 0 Å². The van der Waals surface area contributed by atoms with E-state index in [9.17, 15) is 4.79 Å². The van der Waals surface area contributed by atoms with Crippen LogP contribution in [0.4, 0.5) is 0 Å². The Balaban J connectivity index is 0.00000132. The van der Waals surface area contributed by atoms with Gasteiger partial charge in [-0.3, -0.25) is 4.90 Å². The molecule has 0 aromatic carbocycles. The van der Waals surface area contributed by atoms with Crippen molar-refractivity contribution >= 4 is 15.5 Å². The van der Waals surface area contributed by atoms with Crippen LogP contribution in [-0.2, 0) is 9.53 Å². The maximum absolute atomic E-state index is 11.8. The van der Waals surface area contributed by atoms with Crippen LogP contribution in [0.1, 0.15) is 113 Å². The molecule has 4 heteroatoms. The van der Waals surface area contributed by atoms with E-state index >= 15 is 0 Å². The number of hydrogen-bond acceptors (Lipinski definition) is 3. The molecule has 33 heavy (non-hydrogen) atoms. The van der Waals surface area contributed by atoms with Gasteiger partial charge in [0.05, 0.1) is 0 Å². The minimum atomic E-state index is -0.155. The number of carbonyl (C=O) groups excluding carboxylic acids is 1. The fourth-order valence-electron chi connectivity index (χ4n) is 4.32. The summed E-state index contributed by atoms with van der Waals surface area (Å²) in [6.07, 6.45) is 17.8. The summed E-state index contributed by atoms with van der Waals surface area (Å²) in [6, 6.07) is 0.482. The molecule has 0 bridgehead atoms. The first-order valence-corrected chi connectivity index (χ1v) is 14.6. The van der Waals surface area contributed by atoms with Crippen molar-refractivity contribution in [1.82, 2.24) is 4.90 Å². The molecule has 2 atom stereocenters. The van der Waals surface area contributed by atoms with E-state index in [1.807, 2.05) is 27.7 Å². The lowest BCUT2D eigenvalue weighted by Gasteiger charge is -2.37. The molecule has 1 heterocycles. The summed E-state index contributed by atoms with van der Waals surface area (Å²) in [5.41, 5.74) is 1.39. The van der Waals surface area contributed by atoms with E-state index in [2.05, 4.69) is 47.1 Å². The lowest BCUT2D eigenvalue weighted by molar-refractivity contribution is -0.122. The van der Waals surface area contributed by atoms with Crippen LogP contribution in [0.15, 0.2) is 23.0 Å². The highest BCUT2D eigenvalue weighted by molar-refractivity contribution is 7.22. The van der Waals surface area contributed by atoms with Crippen LogP contribution in [0, 0.1) is 11.3 Å². The average molecular weight is 482 g/mol. The van der Waals surface area contributed by atoms with E-state index in [0.717, 1.165) is 64.3 Å². The lowest BCUT2D eigenvalue weighted by atomic mass is 9.78. The molecular weight excluding hydrogens is 425 g/mol. The van der Waals surface area contributed by atoms with Gasteiger partial charge in [-0.25, -0.2) is 0 Å². The third kappa shape index (κ3) is 12.7. The number of aldehydes is 1. The Morgan fingerprint density at radius 2 is 1.70 bits per heavy atom. The molecule has 2 fully saturated rings. The van der Waals surface area contributed by atoms with Crippen molar-refractivity contribution in [2.75, 3.05) is 26.3 Å². The fourth-order valence-corrected chi connectivity index (χ4v) is 4.80. The van der Waals surface area contributed by atoms with Crippen molar-refractivity contribution in [1.29, 1.82) is 0 Å². The lowest BCUT2D eigenvalue weighted by Crippen LogP contribution is -2.40. The summed E-state index contributed by atoms with van der Waals surface area (Å²) in [6.45, 7) is 18.1. The Morgan fingerprint density at radius 3 is 2.18 bits per heavy atom. The number of rotatable bonds is 10. The normalized spacial score (nSPS) is 21.2. The second-order valence-corrected chi connectivity index (χ2v) is 9.95. The van der Waals surface area contributed by atoms with Gasteiger partial charge in [0, 0.05) is 24.7 Å². The van der Waals surface area contributed by atoms with Crippen molar-refractivity contribution < 1.29 is 9.53 Å². The largest absolute Gasteiger partial charge is 0.381 e. The number of hydrogen-bond donors (Lipinski definition) is 0. The third-order valence-electron chi connectivity index (χ3n) is 6.50. The predicted octanol–water partition coefficient (Wildman–Crippen LogP) is 8.20. The highest BCUT2D eigenvalue weighted by atomic mass is 31.0. The van der Waals surface area contributed by atoms with E-state index in [0.29, 0.717) is 6.04 Å². The smallest absolute Gasteiger partial charge is 0.126 e. The molecule has 0 aromatic rings. The highest BCUT2D eigenvalue weighted by Gasteiger charge is 2.33. The van der Waals surface area contributed by atoms with E-state index in [1.165, 1.54) is 43.7 Å². The van der Waals surface area contributed by atoms with E-state index in [4.69, 9.17) is 4.74 Å². The predicted molar refractivity (Wildman–Crippen MR) is 150 cm³/mol. The molecule has 0 amide bonds. The molecule has 3 nitrogen and oxygen atoms in total. The van der Waals surface area contributed by atoms with Gasteiger partial charge in [0.25, 0.3) is 0 Å². The zero-order valence-electron chi connectivity index (χ0n) is 23.1. The molecular formula is C29H56NO2P. The molecule has 0 radical (unpaired) electrons. The Hall–Kier alpha value is -0.500. The van der Waals surface area contributed by atoms with Gasteiger partial charge in [-0.1, -0.05) is 79.9 Å². The molecule has 1 saturated heterocycles. The van der Waals surface area contributed by atoms with Gasteiger partial charge < -0.3 is 9.53 Å². The topological polar surface area (TPSA) is 29.5 Å². The number of nitrogens with zero attached hydrogens (tertiary/aromatic N) is 1. The van der Waals surface area contributed by atoms with Gasteiger partial charge in [0.2, 0.25) is 0 Å². The maximum atomic E-state index is 11.8. The summed E-state index contributed by atoms with van der Waals surface area (Å²) >= 11 is 0. The second-order valence-electron chi connectivity index (χ2n) is 9.25. The molecule has 1 saturated carbocycles. The minimum Gasteiger partial charge on any atom is -0.381 e. The van der Waals surface area contributed by atoms with Crippen molar-refractivity contribution in [3.05, 3.63) is 23.0 Å². The first-order valence-electron chi connectivity index (χ1n) is 14.0. The van der Waals surface area contributed by atoms with Crippen molar-refractivity contribution in [2.45, 2.75) is 119 Å². The maximum Gasteiger partial charge on any atom is 0.126 e. The quantitative estimate of drug-likeness (QED) is 0.233. The summed E-state index contributed by atoms with van der Waals surface area (Å²) in [7, 11) is 3.01. The Bertz CT molecular complexity index is 548. The molecule has 2 unspecified atom stereocenters. The molecule has 1 aliphatic heterocycles. The number of carbonyl (C=O) groups is 1. The van der Waals surface area contributed by atoms with Gasteiger partial charge >= 0.3 is 0 Å². The van der Waals surface area contributed by atoms with Crippen molar-refractivity contribution in [3.8, 4) is 0 Å².